The summed E-state index contributed by atoms with van der Waals surface area (Å²) in [5.74, 6) is -1.49. The first-order valence-corrected chi connectivity index (χ1v) is 5.32. The van der Waals surface area contributed by atoms with Gasteiger partial charge in [-0.25, -0.2) is 4.79 Å². The highest BCUT2D eigenvalue weighted by Gasteiger charge is 2.22. The Bertz CT molecular complexity index is 250. The molecule has 0 aromatic heterocycles. The van der Waals surface area contributed by atoms with Crippen molar-refractivity contribution in [2.75, 3.05) is 13.2 Å². The number of carboxylic acids is 1. The largest absolute Gasteiger partial charge is 0.480 e. The molecule has 1 saturated heterocycles. The van der Waals surface area contributed by atoms with Crippen molar-refractivity contribution < 1.29 is 24.2 Å². The molecule has 1 aliphatic heterocycles. The summed E-state index contributed by atoms with van der Waals surface area (Å²) >= 11 is 0. The minimum Gasteiger partial charge on any atom is -0.480 e. The molecule has 1 rings (SSSR count). The molecule has 92 valence electrons. The van der Waals surface area contributed by atoms with E-state index in [0.29, 0.717) is 6.61 Å². The molecule has 1 amide bonds. The van der Waals surface area contributed by atoms with Crippen molar-refractivity contribution in [3.63, 3.8) is 0 Å². The van der Waals surface area contributed by atoms with Gasteiger partial charge in [0.1, 0.15) is 0 Å². The summed E-state index contributed by atoms with van der Waals surface area (Å²) < 4.78 is 10.6. The van der Waals surface area contributed by atoms with Crippen LogP contribution in [-0.4, -0.2) is 42.5 Å². The third kappa shape index (κ3) is 4.59. The minimum atomic E-state index is -1.11. The van der Waals surface area contributed by atoms with Crippen molar-refractivity contribution in [2.45, 2.75) is 38.5 Å². The number of amides is 1. The fourth-order valence-corrected chi connectivity index (χ4v) is 1.47. The van der Waals surface area contributed by atoms with Gasteiger partial charge in [-0.15, -0.1) is 0 Å². The molecule has 0 aromatic rings. The van der Waals surface area contributed by atoms with E-state index in [1.165, 1.54) is 6.92 Å². The van der Waals surface area contributed by atoms with Crippen molar-refractivity contribution in [1.82, 2.24) is 5.32 Å². The second kappa shape index (κ2) is 6.44. The average Bonchev–Trinajstić information content (AvgIpc) is 2.25. The van der Waals surface area contributed by atoms with Gasteiger partial charge < -0.3 is 19.9 Å². The second-order valence-corrected chi connectivity index (χ2v) is 3.72. The van der Waals surface area contributed by atoms with Crippen LogP contribution in [0.5, 0.6) is 0 Å². The molecule has 0 aliphatic carbocycles. The number of ether oxygens (including phenoxy) is 2. The van der Waals surface area contributed by atoms with Crippen LogP contribution in [0.15, 0.2) is 0 Å². The van der Waals surface area contributed by atoms with Crippen molar-refractivity contribution in [2.24, 2.45) is 0 Å². The van der Waals surface area contributed by atoms with Gasteiger partial charge >= 0.3 is 5.97 Å². The smallest absolute Gasteiger partial charge is 0.328 e. The molecule has 6 nitrogen and oxygen atoms in total. The van der Waals surface area contributed by atoms with E-state index in [1.807, 2.05) is 0 Å². The van der Waals surface area contributed by atoms with Crippen LogP contribution in [0.25, 0.3) is 0 Å². The molecule has 2 N–H and O–H groups in total. The average molecular weight is 231 g/mol. The monoisotopic (exact) mass is 231 g/mol. The number of aliphatic carboxylic acids is 1. The molecular weight excluding hydrogens is 214 g/mol. The molecule has 1 unspecified atom stereocenters. The Morgan fingerprint density at radius 2 is 2.31 bits per heavy atom. The standard InChI is InChI=1S/C10H17NO5/c1-7(12)11-8(10(13)14)6-16-9-4-2-3-5-15-9/h8-9H,2-6H2,1H3,(H,11,12)(H,13,14)/t8-,9?/m0/s1. The second-order valence-electron chi connectivity index (χ2n) is 3.72. The molecule has 16 heavy (non-hydrogen) atoms. The molecule has 1 heterocycles. The van der Waals surface area contributed by atoms with Crippen LogP contribution in [0.1, 0.15) is 26.2 Å². The summed E-state index contributed by atoms with van der Waals surface area (Å²) in [4.78, 5) is 21.5. The van der Waals surface area contributed by atoms with Gasteiger partial charge in [-0.05, 0) is 19.3 Å². The summed E-state index contributed by atoms with van der Waals surface area (Å²) in [6.45, 7) is 1.84. The van der Waals surface area contributed by atoms with E-state index < -0.39 is 12.0 Å². The van der Waals surface area contributed by atoms with Crippen LogP contribution in [0.3, 0.4) is 0 Å². The summed E-state index contributed by atoms with van der Waals surface area (Å²) in [5, 5.41) is 11.1. The summed E-state index contributed by atoms with van der Waals surface area (Å²) in [7, 11) is 0. The number of carbonyl (C=O) groups excluding carboxylic acids is 1. The zero-order valence-corrected chi connectivity index (χ0v) is 9.27. The predicted octanol–water partition coefficient (Wildman–Crippen LogP) is 0.119. The molecule has 0 radical (unpaired) electrons. The van der Waals surface area contributed by atoms with E-state index >= 15 is 0 Å². The number of hydrogen-bond acceptors (Lipinski definition) is 4. The zero-order valence-electron chi connectivity index (χ0n) is 9.27. The van der Waals surface area contributed by atoms with Gasteiger partial charge in [0.05, 0.1) is 6.61 Å². The number of rotatable bonds is 5. The van der Waals surface area contributed by atoms with Crippen LogP contribution in [-0.2, 0) is 19.1 Å². The molecule has 0 spiro atoms. The molecule has 0 saturated carbocycles. The molecule has 0 bridgehead atoms. The normalized spacial score (nSPS) is 22.4. The number of carboxylic acid groups (broad SMARTS) is 1. The number of carbonyl (C=O) groups is 2. The highest BCUT2D eigenvalue weighted by Crippen LogP contribution is 2.13. The van der Waals surface area contributed by atoms with E-state index in [1.54, 1.807) is 0 Å². The fraction of sp³-hybridized carbons (Fsp3) is 0.800. The summed E-state index contributed by atoms with van der Waals surface area (Å²) in [6, 6.07) is -1.01. The highest BCUT2D eigenvalue weighted by atomic mass is 16.7. The maximum Gasteiger partial charge on any atom is 0.328 e. The lowest BCUT2D eigenvalue weighted by Gasteiger charge is -2.24. The van der Waals surface area contributed by atoms with Crippen LogP contribution in [0, 0.1) is 0 Å². The van der Waals surface area contributed by atoms with Crippen molar-refractivity contribution in [3.8, 4) is 0 Å². The van der Waals surface area contributed by atoms with E-state index in [4.69, 9.17) is 14.6 Å². The molecule has 0 aromatic carbocycles. The Kier molecular flexibility index (Phi) is 5.21. The maximum atomic E-state index is 10.8. The quantitative estimate of drug-likeness (QED) is 0.702. The van der Waals surface area contributed by atoms with E-state index in [0.717, 1.165) is 19.3 Å². The SMILES string of the molecule is CC(=O)N[C@@H](COC1CCCCO1)C(=O)O. The Hall–Kier alpha value is -1.14. The Morgan fingerprint density at radius 3 is 2.81 bits per heavy atom. The molecule has 1 aliphatic rings. The van der Waals surface area contributed by atoms with E-state index in [-0.39, 0.29) is 18.8 Å². The number of nitrogens with one attached hydrogen (secondary N) is 1. The van der Waals surface area contributed by atoms with Gasteiger partial charge in [-0.3, -0.25) is 4.79 Å². The van der Waals surface area contributed by atoms with Crippen LogP contribution < -0.4 is 5.32 Å². The highest BCUT2D eigenvalue weighted by molar-refractivity contribution is 5.82. The third-order valence-electron chi connectivity index (χ3n) is 2.26. The topological polar surface area (TPSA) is 84.9 Å². The van der Waals surface area contributed by atoms with Gasteiger partial charge in [0.25, 0.3) is 0 Å². The van der Waals surface area contributed by atoms with E-state index in [9.17, 15) is 9.59 Å². The Labute approximate surface area is 93.9 Å². The van der Waals surface area contributed by atoms with E-state index in [2.05, 4.69) is 5.32 Å². The van der Waals surface area contributed by atoms with Crippen molar-refractivity contribution in [3.05, 3.63) is 0 Å². The van der Waals surface area contributed by atoms with Gasteiger partial charge in [0.15, 0.2) is 12.3 Å². The maximum absolute atomic E-state index is 10.8. The van der Waals surface area contributed by atoms with Crippen molar-refractivity contribution in [1.29, 1.82) is 0 Å². The molecule has 2 atom stereocenters. The lowest BCUT2D eigenvalue weighted by molar-refractivity contribution is -0.172. The first-order valence-electron chi connectivity index (χ1n) is 5.32. The van der Waals surface area contributed by atoms with Gasteiger partial charge in [0, 0.05) is 13.5 Å². The Balaban J connectivity index is 2.30. The van der Waals surface area contributed by atoms with Crippen LogP contribution in [0.4, 0.5) is 0 Å². The first-order chi connectivity index (χ1) is 7.59. The fourth-order valence-electron chi connectivity index (χ4n) is 1.47. The summed E-state index contributed by atoms with van der Waals surface area (Å²) in [5.41, 5.74) is 0. The zero-order chi connectivity index (χ0) is 12.0. The molecular formula is C10H17NO5. The lowest BCUT2D eigenvalue weighted by Crippen LogP contribution is -2.44. The van der Waals surface area contributed by atoms with Crippen molar-refractivity contribution >= 4 is 11.9 Å². The number of hydrogen-bond donors (Lipinski definition) is 2. The minimum absolute atomic E-state index is 0.0699. The summed E-state index contributed by atoms with van der Waals surface area (Å²) in [6.07, 6.45) is 2.45. The van der Waals surface area contributed by atoms with Crippen LogP contribution in [0.2, 0.25) is 0 Å². The lowest BCUT2D eigenvalue weighted by atomic mass is 10.2. The first kappa shape index (κ1) is 12.9. The molecule has 1 fully saturated rings. The van der Waals surface area contributed by atoms with Gasteiger partial charge in [-0.1, -0.05) is 0 Å². The molecule has 6 heteroatoms. The third-order valence-corrected chi connectivity index (χ3v) is 2.26. The van der Waals surface area contributed by atoms with Gasteiger partial charge in [0.2, 0.25) is 5.91 Å². The predicted molar refractivity (Wildman–Crippen MR) is 54.8 cm³/mol. The Morgan fingerprint density at radius 1 is 1.56 bits per heavy atom. The van der Waals surface area contributed by atoms with Gasteiger partial charge in [-0.2, -0.15) is 0 Å². The van der Waals surface area contributed by atoms with Crippen LogP contribution >= 0.6 is 0 Å².